The molecule has 0 spiro atoms. The van der Waals surface area contributed by atoms with E-state index in [1.807, 2.05) is 80.6 Å². The average Bonchev–Trinajstić information content (AvgIpc) is 2.73. The van der Waals surface area contributed by atoms with Gasteiger partial charge in [-0.25, -0.2) is 4.98 Å². The van der Waals surface area contributed by atoms with Crippen LogP contribution in [0.25, 0.3) is 22.2 Å². The first-order valence-electron chi connectivity index (χ1n) is 9.75. The number of pyridine rings is 1. The van der Waals surface area contributed by atoms with Crippen LogP contribution in [-0.2, 0) is 0 Å². The van der Waals surface area contributed by atoms with Crippen LogP contribution in [0.15, 0.2) is 72.8 Å². The number of nitrogens with zero attached hydrogens (tertiary/aromatic N) is 1. The number of nitrogens with one attached hydrogen (secondary N) is 1. The highest BCUT2D eigenvalue weighted by atomic mass is 35.5. The van der Waals surface area contributed by atoms with Crippen LogP contribution in [0.3, 0.4) is 0 Å². The quantitative estimate of drug-likeness (QED) is 0.403. The van der Waals surface area contributed by atoms with Gasteiger partial charge in [0.25, 0.3) is 5.91 Å². The number of carbonyl (C=O) groups excluding carboxylic acids is 1. The monoisotopic (exact) mass is 416 g/mol. The lowest BCUT2D eigenvalue weighted by atomic mass is 10.1. The highest BCUT2D eigenvalue weighted by molar-refractivity contribution is 6.30. The highest BCUT2D eigenvalue weighted by Gasteiger charge is 2.13. The van der Waals surface area contributed by atoms with Crippen LogP contribution in [0.2, 0.25) is 5.02 Å². The number of rotatable bonds is 5. The van der Waals surface area contributed by atoms with Crippen molar-refractivity contribution in [3.63, 3.8) is 0 Å². The van der Waals surface area contributed by atoms with E-state index < -0.39 is 0 Å². The Morgan fingerprint density at radius 2 is 1.87 bits per heavy atom. The third-order valence-electron chi connectivity index (χ3n) is 4.73. The summed E-state index contributed by atoms with van der Waals surface area (Å²) in [5.74, 6) is 0.506. The summed E-state index contributed by atoms with van der Waals surface area (Å²) in [6.45, 7) is 4.43. The van der Waals surface area contributed by atoms with E-state index in [2.05, 4.69) is 5.32 Å². The molecule has 150 valence electrons. The first-order chi connectivity index (χ1) is 14.5. The van der Waals surface area contributed by atoms with Crippen molar-refractivity contribution in [1.29, 1.82) is 0 Å². The predicted octanol–water partition coefficient (Wildman–Crippen LogP) is 6.51. The molecule has 4 rings (SSSR count). The summed E-state index contributed by atoms with van der Waals surface area (Å²) in [5.41, 5.74) is 4.82. The summed E-state index contributed by atoms with van der Waals surface area (Å²) in [6.07, 6.45) is 0. The summed E-state index contributed by atoms with van der Waals surface area (Å²) in [6, 6.07) is 22.6. The van der Waals surface area contributed by atoms with E-state index in [1.165, 1.54) is 0 Å². The molecule has 1 aromatic heterocycles. The Morgan fingerprint density at radius 1 is 1.03 bits per heavy atom. The van der Waals surface area contributed by atoms with Gasteiger partial charge in [-0.2, -0.15) is 0 Å². The van der Waals surface area contributed by atoms with Gasteiger partial charge in [-0.3, -0.25) is 4.79 Å². The molecule has 0 atom stereocenters. The maximum absolute atomic E-state index is 12.8. The van der Waals surface area contributed by atoms with E-state index >= 15 is 0 Å². The second-order valence-electron chi connectivity index (χ2n) is 7.00. The van der Waals surface area contributed by atoms with Gasteiger partial charge in [-0.05, 0) is 61.9 Å². The van der Waals surface area contributed by atoms with Crippen molar-refractivity contribution in [2.45, 2.75) is 13.8 Å². The van der Waals surface area contributed by atoms with Crippen LogP contribution >= 0.6 is 11.6 Å². The number of halogens is 1. The minimum Gasteiger partial charge on any atom is -0.493 e. The van der Waals surface area contributed by atoms with Gasteiger partial charge in [0.2, 0.25) is 0 Å². The van der Waals surface area contributed by atoms with E-state index in [1.54, 1.807) is 6.07 Å². The molecule has 0 fully saturated rings. The van der Waals surface area contributed by atoms with Crippen molar-refractivity contribution < 1.29 is 9.53 Å². The number of ether oxygens (including phenoxy) is 1. The standard InChI is InChI=1S/C25H21ClN2O2/c1-3-30-24-15-23(17-7-5-8-19(26)13-17)28-22-11-10-18(14-21(22)24)25(29)27-20-9-4-6-16(2)12-20/h4-15H,3H2,1-2H3,(H,27,29). The molecule has 0 aliphatic heterocycles. The third kappa shape index (κ3) is 4.29. The third-order valence-corrected chi connectivity index (χ3v) is 4.96. The molecule has 0 radical (unpaired) electrons. The number of benzene rings is 3. The zero-order chi connectivity index (χ0) is 21.1. The van der Waals surface area contributed by atoms with Crippen LogP contribution < -0.4 is 10.1 Å². The fourth-order valence-corrected chi connectivity index (χ4v) is 3.52. The SMILES string of the molecule is CCOc1cc(-c2cccc(Cl)c2)nc2ccc(C(=O)Nc3cccc(C)c3)cc12. The zero-order valence-electron chi connectivity index (χ0n) is 16.8. The molecule has 0 aliphatic rings. The number of hydrogen-bond donors (Lipinski definition) is 1. The van der Waals surface area contributed by atoms with Gasteiger partial charge in [-0.1, -0.05) is 35.9 Å². The highest BCUT2D eigenvalue weighted by Crippen LogP contribution is 2.32. The number of carbonyl (C=O) groups is 1. The molecule has 0 aliphatic carbocycles. The number of anilines is 1. The molecular weight excluding hydrogens is 396 g/mol. The van der Waals surface area contributed by atoms with Crippen molar-refractivity contribution >= 4 is 34.1 Å². The summed E-state index contributed by atoms with van der Waals surface area (Å²) >= 11 is 6.14. The normalized spacial score (nSPS) is 10.8. The molecular formula is C25H21ClN2O2. The van der Waals surface area contributed by atoms with Crippen molar-refractivity contribution in [2.75, 3.05) is 11.9 Å². The lowest BCUT2D eigenvalue weighted by Crippen LogP contribution is -2.12. The first kappa shape index (κ1) is 19.9. The lowest BCUT2D eigenvalue weighted by molar-refractivity contribution is 0.102. The van der Waals surface area contributed by atoms with E-state index in [9.17, 15) is 4.79 Å². The van der Waals surface area contributed by atoms with Crippen LogP contribution in [-0.4, -0.2) is 17.5 Å². The molecule has 0 saturated heterocycles. The Kier molecular flexibility index (Phi) is 5.68. The molecule has 4 aromatic rings. The maximum Gasteiger partial charge on any atom is 0.255 e. The molecule has 1 heterocycles. The van der Waals surface area contributed by atoms with E-state index in [4.69, 9.17) is 21.3 Å². The number of fused-ring (bicyclic) bond motifs is 1. The number of aromatic nitrogens is 1. The molecule has 0 bridgehead atoms. The average molecular weight is 417 g/mol. The van der Waals surface area contributed by atoms with Gasteiger partial charge < -0.3 is 10.1 Å². The van der Waals surface area contributed by atoms with Crippen LogP contribution in [0.4, 0.5) is 5.69 Å². The molecule has 3 aromatic carbocycles. The first-order valence-corrected chi connectivity index (χ1v) is 10.1. The topological polar surface area (TPSA) is 51.2 Å². The summed E-state index contributed by atoms with van der Waals surface area (Å²) in [4.78, 5) is 17.5. The number of hydrogen-bond acceptors (Lipinski definition) is 3. The fourth-order valence-electron chi connectivity index (χ4n) is 3.33. The minimum absolute atomic E-state index is 0.177. The molecule has 4 nitrogen and oxygen atoms in total. The largest absolute Gasteiger partial charge is 0.493 e. The molecule has 30 heavy (non-hydrogen) atoms. The minimum atomic E-state index is -0.177. The van der Waals surface area contributed by atoms with Gasteiger partial charge in [0.1, 0.15) is 5.75 Å². The maximum atomic E-state index is 12.8. The Bertz CT molecular complexity index is 1240. The van der Waals surface area contributed by atoms with Gasteiger partial charge in [0, 0.05) is 33.3 Å². The zero-order valence-corrected chi connectivity index (χ0v) is 17.5. The molecule has 5 heteroatoms. The summed E-state index contributed by atoms with van der Waals surface area (Å²) < 4.78 is 5.88. The van der Waals surface area contributed by atoms with Crippen molar-refractivity contribution in [3.8, 4) is 17.0 Å². The Balaban J connectivity index is 1.73. The van der Waals surface area contributed by atoms with Crippen molar-refractivity contribution in [2.24, 2.45) is 0 Å². The smallest absolute Gasteiger partial charge is 0.255 e. The second-order valence-corrected chi connectivity index (χ2v) is 7.44. The molecule has 0 saturated carbocycles. The van der Waals surface area contributed by atoms with E-state index in [0.717, 1.165) is 33.4 Å². The molecule has 1 N–H and O–H groups in total. The molecule has 1 amide bonds. The Morgan fingerprint density at radius 3 is 2.63 bits per heavy atom. The Labute approximate surface area is 180 Å². The summed E-state index contributed by atoms with van der Waals surface area (Å²) in [7, 11) is 0. The Hall–Kier alpha value is -3.37. The van der Waals surface area contributed by atoms with E-state index in [-0.39, 0.29) is 5.91 Å². The fraction of sp³-hybridized carbons (Fsp3) is 0.120. The van der Waals surface area contributed by atoms with Gasteiger partial charge in [0.15, 0.2) is 0 Å². The van der Waals surface area contributed by atoms with Crippen LogP contribution in [0.1, 0.15) is 22.8 Å². The van der Waals surface area contributed by atoms with Gasteiger partial charge in [0.05, 0.1) is 17.8 Å². The summed E-state index contributed by atoms with van der Waals surface area (Å²) in [5, 5.41) is 4.38. The predicted molar refractivity (Wildman–Crippen MR) is 122 cm³/mol. The lowest BCUT2D eigenvalue weighted by Gasteiger charge is -2.12. The number of amides is 1. The second kappa shape index (κ2) is 8.56. The van der Waals surface area contributed by atoms with Gasteiger partial charge >= 0.3 is 0 Å². The van der Waals surface area contributed by atoms with Crippen LogP contribution in [0, 0.1) is 6.92 Å². The molecule has 0 unspecified atom stereocenters. The van der Waals surface area contributed by atoms with Crippen molar-refractivity contribution in [1.82, 2.24) is 4.98 Å². The number of aryl methyl sites for hydroxylation is 1. The van der Waals surface area contributed by atoms with Crippen molar-refractivity contribution in [3.05, 3.63) is 88.9 Å². The van der Waals surface area contributed by atoms with Gasteiger partial charge in [-0.15, -0.1) is 0 Å². The van der Waals surface area contributed by atoms with E-state index in [0.29, 0.717) is 22.9 Å². The van der Waals surface area contributed by atoms with Crippen LogP contribution in [0.5, 0.6) is 5.75 Å².